The molecule has 0 atom stereocenters. The highest BCUT2D eigenvalue weighted by Gasteiger charge is 2.36. The number of hydrogen-bond acceptors (Lipinski definition) is 5. The van der Waals surface area contributed by atoms with Crippen LogP contribution in [0.1, 0.15) is 22.9 Å². The number of rotatable bonds is 5. The molecule has 1 saturated heterocycles. The summed E-state index contributed by atoms with van der Waals surface area (Å²) < 4.78 is 49.1. The van der Waals surface area contributed by atoms with Gasteiger partial charge in [-0.1, -0.05) is 29.4 Å². The molecule has 0 bridgehead atoms. The Kier molecular flexibility index (Phi) is 5.19. The molecule has 30 heavy (non-hydrogen) atoms. The van der Waals surface area contributed by atoms with Gasteiger partial charge in [-0.05, 0) is 29.8 Å². The topological polar surface area (TPSA) is 68.5 Å². The van der Waals surface area contributed by atoms with Gasteiger partial charge in [0, 0.05) is 18.7 Å². The number of aromatic nitrogens is 2. The molecule has 1 aromatic heterocycles. The molecule has 1 aliphatic heterocycles. The van der Waals surface area contributed by atoms with Crippen molar-refractivity contribution in [3.63, 3.8) is 0 Å². The molecule has 0 aliphatic carbocycles. The third-order valence-electron chi connectivity index (χ3n) is 4.96. The van der Waals surface area contributed by atoms with Crippen LogP contribution in [0, 0.1) is 0 Å². The molecule has 1 aliphatic rings. The smallest absolute Gasteiger partial charge is 0.416 e. The van der Waals surface area contributed by atoms with Gasteiger partial charge in [0.2, 0.25) is 17.6 Å². The van der Waals surface area contributed by atoms with E-state index in [9.17, 15) is 18.0 Å². The largest absolute Gasteiger partial charge is 0.497 e. The van der Waals surface area contributed by atoms with Crippen LogP contribution in [0.3, 0.4) is 0 Å². The summed E-state index contributed by atoms with van der Waals surface area (Å²) >= 11 is 0. The van der Waals surface area contributed by atoms with E-state index in [1.165, 1.54) is 12.1 Å². The normalized spacial score (nSPS) is 14.5. The first-order chi connectivity index (χ1) is 14.3. The van der Waals surface area contributed by atoms with Crippen LogP contribution in [-0.2, 0) is 17.4 Å². The zero-order valence-corrected chi connectivity index (χ0v) is 16.0. The van der Waals surface area contributed by atoms with Crippen molar-refractivity contribution in [3.05, 3.63) is 65.5 Å². The van der Waals surface area contributed by atoms with Gasteiger partial charge in [-0.15, -0.1) is 0 Å². The average molecular weight is 417 g/mol. The SMILES string of the molecule is COc1cccc(CC(=O)N2CC(c3nc(-c4cccc(C(F)(F)F)c4)no3)C2)c1. The molecular formula is C21H18F3N3O3. The summed E-state index contributed by atoms with van der Waals surface area (Å²) in [6.45, 7) is 0.847. The first-order valence-electron chi connectivity index (χ1n) is 9.25. The van der Waals surface area contributed by atoms with Crippen molar-refractivity contribution in [1.82, 2.24) is 15.0 Å². The second kappa shape index (κ2) is 7.81. The van der Waals surface area contributed by atoms with Gasteiger partial charge in [0.1, 0.15) is 5.75 Å². The maximum atomic E-state index is 12.9. The van der Waals surface area contributed by atoms with Crippen LogP contribution in [0.2, 0.25) is 0 Å². The van der Waals surface area contributed by atoms with E-state index in [1.54, 1.807) is 12.0 Å². The summed E-state index contributed by atoms with van der Waals surface area (Å²) in [6, 6.07) is 12.1. The number of alkyl halides is 3. The molecule has 4 rings (SSSR count). The quantitative estimate of drug-likeness (QED) is 0.629. The number of nitrogens with zero attached hydrogens (tertiary/aromatic N) is 3. The van der Waals surface area contributed by atoms with Crippen LogP contribution in [0.25, 0.3) is 11.4 Å². The van der Waals surface area contributed by atoms with E-state index in [0.29, 0.717) is 24.7 Å². The number of benzene rings is 2. The number of ether oxygens (including phenoxy) is 1. The van der Waals surface area contributed by atoms with E-state index in [2.05, 4.69) is 10.1 Å². The lowest BCUT2D eigenvalue weighted by molar-refractivity contribution is -0.137. The number of carbonyl (C=O) groups is 1. The first kappa shape index (κ1) is 19.9. The summed E-state index contributed by atoms with van der Waals surface area (Å²) in [7, 11) is 1.57. The molecule has 1 fully saturated rings. The molecule has 6 nitrogen and oxygen atoms in total. The summed E-state index contributed by atoms with van der Waals surface area (Å²) in [4.78, 5) is 18.3. The second-order valence-electron chi connectivity index (χ2n) is 7.06. The van der Waals surface area contributed by atoms with Crippen LogP contribution in [0.4, 0.5) is 13.2 Å². The van der Waals surface area contributed by atoms with Crippen molar-refractivity contribution in [3.8, 4) is 17.1 Å². The Morgan fingerprint density at radius 1 is 1.20 bits per heavy atom. The van der Waals surface area contributed by atoms with Gasteiger partial charge in [-0.3, -0.25) is 4.79 Å². The molecule has 9 heteroatoms. The minimum absolute atomic E-state index is 0.0304. The van der Waals surface area contributed by atoms with E-state index >= 15 is 0 Å². The van der Waals surface area contributed by atoms with Crippen molar-refractivity contribution in [2.24, 2.45) is 0 Å². The molecule has 3 aromatic rings. The lowest BCUT2D eigenvalue weighted by Crippen LogP contribution is -2.49. The Labute approximate surface area is 170 Å². The maximum Gasteiger partial charge on any atom is 0.416 e. The first-order valence-corrected chi connectivity index (χ1v) is 9.25. The Morgan fingerprint density at radius 2 is 1.97 bits per heavy atom. The zero-order valence-electron chi connectivity index (χ0n) is 16.0. The molecule has 0 unspecified atom stereocenters. The van der Waals surface area contributed by atoms with Crippen molar-refractivity contribution in [2.45, 2.75) is 18.5 Å². The average Bonchev–Trinajstić information content (AvgIpc) is 3.16. The Hall–Kier alpha value is -3.36. The standard InChI is InChI=1S/C21H18F3N3O3/c1-29-17-7-2-4-13(8-17)9-18(28)27-11-15(12-27)20-25-19(26-30-20)14-5-3-6-16(10-14)21(22,23)24/h2-8,10,15H,9,11-12H2,1H3. The summed E-state index contributed by atoms with van der Waals surface area (Å²) in [5.41, 5.74) is 0.307. The van der Waals surface area contributed by atoms with Crippen molar-refractivity contribution in [1.29, 1.82) is 0 Å². The fraction of sp³-hybridized carbons (Fsp3) is 0.286. The number of halogens is 3. The molecule has 0 spiro atoms. The lowest BCUT2D eigenvalue weighted by Gasteiger charge is -2.37. The maximum absolute atomic E-state index is 12.9. The number of methoxy groups -OCH3 is 1. The van der Waals surface area contributed by atoms with E-state index in [4.69, 9.17) is 9.26 Å². The van der Waals surface area contributed by atoms with E-state index in [-0.39, 0.29) is 29.6 Å². The zero-order chi connectivity index (χ0) is 21.3. The summed E-state index contributed by atoms with van der Waals surface area (Å²) in [5, 5.41) is 3.80. The van der Waals surface area contributed by atoms with Gasteiger partial charge in [0.15, 0.2) is 0 Å². The van der Waals surface area contributed by atoms with E-state index in [1.807, 2.05) is 24.3 Å². The highest BCUT2D eigenvalue weighted by atomic mass is 19.4. The second-order valence-corrected chi connectivity index (χ2v) is 7.06. The predicted octanol–water partition coefficient (Wildman–Crippen LogP) is 3.93. The molecule has 0 radical (unpaired) electrons. The van der Waals surface area contributed by atoms with Crippen molar-refractivity contribution < 1.29 is 27.2 Å². The van der Waals surface area contributed by atoms with Gasteiger partial charge in [-0.25, -0.2) is 0 Å². The molecular weight excluding hydrogens is 399 g/mol. The molecule has 156 valence electrons. The van der Waals surface area contributed by atoms with Gasteiger partial charge in [-0.2, -0.15) is 18.2 Å². The van der Waals surface area contributed by atoms with Crippen molar-refractivity contribution >= 4 is 5.91 Å². The molecule has 1 amide bonds. The molecule has 2 aromatic carbocycles. The minimum atomic E-state index is -4.44. The van der Waals surface area contributed by atoms with Crippen LogP contribution < -0.4 is 4.74 Å². The fourth-order valence-corrected chi connectivity index (χ4v) is 3.26. The minimum Gasteiger partial charge on any atom is -0.497 e. The summed E-state index contributed by atoms with van der Waals surface area (Å²) in [6.07, 6.45) is -4.19. The molecule has 0 N–H and O–H groups in total. The number of amides is 1. The Balaban J connectivity index is 1.38. The third kappa shape index (κ3) is 4.14. The third-order valence-corrected chi connectivity index (χ3v) is 4.96. The van der Waals surface area contributed by atoms with E-state index < -0.39 is 11.7 Å². The van der Waals surface area contributed by atoms with Crippen LogP contribution in [-0.4, -0.2) is 41.1 Å². The molecule has 0 saturated carbocycles. The van der Waals surface area contributed by atoms with Crippen LogP contribution in [0.15, 0.2) is 53.1 Å². The number of carbonyl (C=O) groups excluding carboxylic acids is 1. The van der Waals surface area contributed by atoms with Crippen LogP contribution >= 0.6 is 0 Å². The lowest BCUT2D eigenvalue weighted by atomic mass is 9.98. The van der Waals surface area contributed by atoms with Gasteiger partial charge < -0.3 is 14.2 Å². The monoisotopic (exact) mass is 417 g/mol. The molecule has 2 heterocycles. The van der Waals surface area contributed by atoms with Gasteiger partial charge in [0.25, 0.3) is 0 Å². The Bertz CT molecular complexity index is 1060. The summed E-state index contributed by atoms with van der Waals surface area (Å²) in [5.74, 6) is 0.934. The van der Waals surface area contributed by atoms with Crippen LogP contribution in [0.5, 0.6) is 5.75 Å². The number of hydrogen-bond donors (Lipinski definition) is 0. The van der Waals surface area contributed by atoms with E-state index in [0.717, 1.165) is 17.7 Å². The Morgan fingerprint density at radius 3 is 2.70 bits per heavy atom. The fourth-order valence-electron chi connectivity index (χ4n) is 3.26. The van der Waals surface area contributed by atoms with Gasteiger partial charge in [0.05, 0.1) is 25.0 Å². The number of likely N-dealkylation sites (tertiary alicyclic amines) is 1. The van der Waals surface area contributed by atoms with Crippen molar-refractivity contribution in [2.75, 3.05) is 20.2 Å². The highest BCUT2D eigenvalue weighted by molar-refractivity contribution is 5.79. The predicted molar refractivity (Wildman–Crippen MR) is 101 cm³/mol. The highest BCUT2D eigenvalue weighted by Crippen LogP contribution is 2.32. The van der Waals surface area contributed by atoms with Gasteiger partial charge >= 0.3 is 6.18 Å².